The minimum absolute atomic E-state index is 0.164. The smallest absolute Gasteiger partial charge is 0.234 e. The minimum Gasteiger partial charge on any atom is -0.495 e. The molecule has 1 amide bonds. The number of aryl methyl sites for hydroxylation is 1. The molecule has 8 heteroatoms. The predicted molar refractivity (Wildman–Crippen MR) is 108 cm³/mol. The lowest BCUT2D eigenvalue weighted by Crippen LogP contribution is -2.15. The van der Waals surface area contributed by atoms with Crippen molar-refractivity contribution in [1.29, 1.82) is 0 Å². The molecule has 1 heterocycles. The van der Waals surface area contributed by atoms with Gasteiger partial charge >= 0.3 is 0 Å². The number of halogens is 1. The summed E-state index contributed by atoms with van der Waals surface area (Å²) in [5.41, 5.74) is 2.44. The molecule has 28 heavy (non-hydrogen) atoms. The van der Waals surface area contributed by atoms with Crippen molar-refractivity contribution in [3.8, 4) is 17.1 Å². The van der Waals surface area contributed by atoms with Crippen LogP contribution in [0.5, 0.6) is 5.75 Å². The van der Waals surface area contributed by atoms with Crippen LogP contribution in [-0.2, 0) is 11.3 Å². The van der Waals surface area contributed by atoms with E-state index in [1.54, 1.807) is 19.2 Å². The highest BCUT2D eigenvalue weighted by Gasteiger charge is 2.15. The molecule has 0 aliphatic rings. The molecule has 0 saturated carbocycles. The molecule has 0 saturated heterocycles. The van der Waals surface area contributed by atoms with Gasteiger partial charge in [0.05, 0.1) is 18.6 Å². The number of thioether (sulfide) groups is 1. The van der Waals surface area contributed by atoms with Crippen molar-refractivity contribution < 1.29 is 13.9 Å². The molecular formula is C20H21FN4O2S. The Bertz CT molecular complexity index is 973. The van der Waals surface area contributed by atoms with Crippen LogP contribution in [0.2, 0.25) is 0 Å². The van der Waals surface area contributed by atoms with Crippen molar-refractivity contribution in [3.05, 3.63) is 53.8 Å². The van der Waals surface area contributed by atoms with E-state index in [4.69, 9.17) is 4.74 Å². The molecule has 0 fully saturated rings. The third-order valence-electron chi connectivity index (χ3n) is 4.10. The first-order valence-corrected chi connectivity index (χ1v) is 9.76. The van der Waals surface area contributed by atoms with Gasteiger partial charge in [0.2, 0.25) is 5.91 Å². The van der Waals surface area contributed by atoms with E-state index in [2.05, 4.69) is 15.5 Å². The Labute approximate surface area is 167 Å². The largest absolute Gasteiger partial charge is 0.495 e. The quantitative estimate of drug-likeness (QED) is 0.604. The van der Waals surface area contributed by atoms with Crippen molar-refractivity contribution in [2.75, 3.05) is 18.2 Å². The van der Waals surface area contributed by atoms with E-state index in [1.807, 2.05) is 36.6 Å². The van der Waals surface area contributed by atoms with Crippen LogP contribution in [0.15, 0.2) is 47.6 Å². The van der Waals surface area contributed by atoms with Crippen molar-refractivity contribution in [3.63, 3.8) is 0 Å². The maximum Gasteiger partial charge on any atom is 0.234 e. The fourth-order valence-corrected chi connectivity index (χ4v) is 3.53. The normalized spacial score (nSPS) is 10.7. The van der Waals surface area contributed by atoms with E-state index >= 15 is 0 Å². The standard InChI is InChI=1S/C20H21FN4O2S/c1-4-25-19(14-6-8-15(21)9-7-14)23-24-20(25)28-12-18(26)22-16-11-13(2)5-10-17(16)27-3/h5-11H,4,12H2,1-3H3,(H,22,26). The van der Waals surface area contributed by atoms with Crippen LogP contribution in [0.25, 0.3) is 11.4 Å². The predicted octanol–water partition coefficient (Wildman–Crippen LogP) is 4.15. The number of ether oxygens (including phenoxy) is 1. The molecule has 3 aromatic rings. The Balaban J connectivity index is 1.70. The van der Waals surface area contributed by atoms with Crippen LogP contribution in [0.1, 0.15) is 12.5 Å². The van der Waals surface area contributed by atoms with E-state index in [1.165, 1.54) is 23.9 Å². The van der Waals surface area contributed by atoms with Gasteiger partial charge in [0.25, 0.3) is 0 Å². The third-order valence-corrected chi connectivity index (χ3v) is 5.06. The van der Waals surface area contributed by atoms with E-state index in [0.717, 1.165) is 11.1 Å². The van der Waals surface area contributed by atoms with E-state index in [9.17, 15) is 9.18 Å². The Morgan fingerprint density at radius 2 is 1.96 bits per heavy atom. The highest BCUT2D eigenvalue weighted by atomic mass is 32.2. The molecule has 0 unspecified atom stereocenters. The number of hydrogen-bond acceptors (Lipinski definition) is 5. The monoisotopic (exact) mass is 400 g/mol. The summed E-state index contributed by atoms with van der Waals surface area (Å²) in [6.07, 6.45) is 0. The second-order valence-electron chi connectivity index (χ2n) is 6.10. The number of aromatic nitrogens is 3. The van der Waals surface area contributed by atoms with E-state index in [0.29, 0.717) is 29.0 Å². The molecule has 0 atom stereocenters. The molecule has 0 aliphatic carbocycles. The minimum atomic E-state index is -0.302. The van der Waals surface area contributed by atoms with Crippen LogP contribution in [0, 0.1) is 12.7 Å². The van der Waals surface area contributed by atoms with Gasteiger partial charge in [-0.1, -0.05) is 17.8 Å². The lowest BCUT2D eigenvalue weighted by molar-refractivity contribution is -0.113. The summed E-state index contributed by atoms with van der Waals surface area (Å²) < 4.78 is 20.3. The zero-order chi connectivity index (χ0) is 20.1. The molecule has 0 radical (unpaired) electrons. The molecule has 0 aliphatic heterocycles. The summed E-state index contributed by atoms with van der Waals surface area (Å²) >= 11 is 1.30. The van der Waals surface area contributed by atoms with Crippen LogP contribution >= 0.6 is 11.8 Å². The summed E-state index contributed by atoms with van der Waals surface area (Å²) in [5.74, 6) is 0.968. The molecule has 6 nitrogen and oxygen atoms in total. The lowest BCUT2D eigenvalue weighted by atomic mass is 10.2. The first-order valence-electron chi connectivity index (χ1n) is 8.78. The number of anilines is 1. The number of nitrogens with zero attached hydrogens (tertiary/aromatic N) is 3. The maximum atomic E-state index is 13.2. The van der Waals surface area contributed by atoms with Crippen LogP contribution in [0.4, 0.5) is 10.1 Å². The van der Waals surface area contributed by atoms with Crippen molar-refractivity contribution in [2.45, 2.75) is 25.5 Å². The van der Waals surface area contributed by atoms with Gasteiger partial charge in [-0.05, 0) is 55.8 Å². The van der Waals surface area contributed by atoms with Crippen molar-refractivity contribution >= 4 is 23.4 Å². The Morgan fingerprint density at radius 3 is 2.64 bits per heavy atom. The number of benzene rings is 2. The fourth-order valence-electron chi connectivity index (χ4n) is 2.73. The molecule has 0 spiro atoms. The molecular weight excluding hydrogens is 379 g/mol. The lowest BCUT2D eigenvalue weighted by Gasteiger charge is -2.11. The number of methoxy groups -OCH3 is 1. The summed E-state index contributed by atoms with van der Waals surface area (Å²) in [5, 5.41) is 11.9. The average molecular weight is 400 g/mol. The number of rotatable bonds is 7. The van der Waals surface area contributed by atoms with E-state index < -0.39 is 0 Å². The van der Waals surface area contributed by atoms with E-state index in [-0.39, 0.29) is 17.5 Å². The second kappa shape index (κ2) is 8.88. The first-order chi connectivity index (χ1) is 13.5. The highest BCUT2D eigenvalue weighted by molar-refractivity contribution is 7.99. The Hall–Kier alpha value is -2.87. The summed E-state index contributed by atoms with van der Waals surface area (Å²) in [6.45, 7) is 4.55. The molecule has 0 bridgehead atoms. The topological polar surface area (TPSA) is 69.0 Å². The van der Waals surface area contributed by atoms with Crippen LogP contribution < -0.4 is 10.1 Å². The van der Waals surface area contributed by atoms with Gasteiger partial charge < -0.3 is 14.6 Å². The number of amides is 1. The summed E-state index contributed by atoms with van der Waals surface area (Å²) in [4.78, 5) is 12.4. The van der Waals surface area contributed by atoms with Gasteiger partial charge in [0.15, 0.2) is 11.0 Å². The number of carbonyl (C=O) groups is 1. The van der Waals surface area contributed by atoms with Crippen molar-refractivity contribution in [2.24, 2.45) is 0 Å². The third kappa shape index (κ3) is 4.51. The van der Waals surface area contributed by atoms with Gasteiger partial charge in [-0.2, -0.15) is 0 Å². The fraction of sp³-hybridized carbons (Fsp3) is 0.250. The SMILES string of the molecule is CCn1c(SCC(=O)Nc2cc(C)ccc2OC)nnc1-c1ccc(F)cc1. The molecule has 3 rings (SSSR count). The molecule has 1 N–H and O–H groups in total. The number of carbonyl (C=O) groups excluding carboxylic acids is 1. The molecule has 1 aromatic heterocycles. The zero-order valence-corrected chi connectivity index (χ0v) is 16.7. The Kier molecular flexibility index (Phi) is 6.30. The van der Waals surface area contributed by atoms with Gasteiger partial charge in [-0.3, -0.25) is 4.79 Å². The Morgan fingerprint density at radius 1 is 1.21 bits per heavy atom. The van der Waals surface area contributed by atoms with Gasteiger partial charge in [0.1, 0.15) is 11.6 Å². The van der Waals surface area contributed by atoms with Gasteiger partial charge in [-0.15, -0.1) is 10.2 Å². The molecule has 2 aromatic carbocycles. The summed E-state index contributed by atoms with van der Waals surface area (Å²) in [6, 6.07) is 11.7. The first kappa shape index (κ1) is 19.9. The zero-order valence-electron chi connectivity index (χ0n) is 15.9. The average Bonchev–Trinajstić information content (AvgIpc) is 3.10. The maximum absolute atomic E-state index is 13.2. The summed E-state index contributed by atoms with van der Waals surface area (Å²) in [7, 11) is 1.57. The highest BCUT2D eigenvalue weighted by Crippen LogP contribution is 2.27. The number of nitrogens with one attached hydrogen (secondary N) is 1. The second-order valence-corrected chi connectivity index (χ2v) is 7.04. The van der Waals surface area contributed by atoms with Gasteiger partial charge in [0, 0.05) is 12.1 Å². The van der Waals surface area contributed by atoms with Crippen molar-refractivity contribution in [1.82, 2.24) is 14.8 Å². The molecule has 146 valence electrons. The van der Waals surface area contributed by atoms with Gasteiger partial charge in [-0.25, -0.2) is 4.39 Å². The van der Waals surface area contributed by atoms with Crippen LogP contribution in [-0.4, -0.2) is 33.5 Å². The van der Waals surface area contributed by atoms with Crippen LogP contribution in [0.3, 0.4) is 0 Å². The number of hydrogen-bond donors (Lipinski definition) is 1.